The molecule has 3 heteroatoms. The summed E-state index contributed by atoms with van der Waals surface area (Å²) in [6.45, 7) is 7.88. The largest absolute Gasteiger partial charge is 0.384 e. The van der Waals surface area contributed by atoms with Crippen molar-refractivity contribution in [3.8, 4) is 0 Å². The van der Waals surface area contributed by atoms with E-state index in [2.05, 4.69) is 4.99 Å². The molecular weight excluding hydrogens is 305 g/mol. The first kappa shape index (κ1) is 15.4. The van der Waals surface area contributed by atoms with Crippen molar-refractivity contribution in [2.75, 3.05) is 7.05 Å². The molecule has 12 heavy (non-hydrogen) atoms. The summed E-state index contributed by atoms with van der Waals surface area (Å²) in [5.41, 5.74) is 0.129. The molecular formula is C9H19ErNO. The fourth-order valence-corrected chi connectivity index (χ4v) is 1.28. The van der Waals surface area contributed by atoms with Gasteiger partial charge in [-0.2, -0.15) is 0 Å². The van der Waals surface area contributed by atoms with Crippen LogP contribution in [0.15, 0.2) is 4.99 Å². The molecule has 0 aliphatic heterocycles. The molecule has 0 fully saturated rings. The van der Waals surface area contributed by atoms with Crippen LogP contribution in [-0.4, -0.2) is 23.5 Å². The van der Waals surface area contributed by atoms with Crippen molar-refractivity contribution in [3.63, 3.8) is 0 Å². The molecule has 1 unspecified atom stereocenters. The van der Waals surface area contributed by atoms with Crippen LogP contribution < -0.4 is 0 Å². The third-order valence-electron chi connectivity index (χ3n) is 2.46. The molecule has 0 saturated carbocycles. The Hall–Kier alpha value is 0.877. The average Bonchev–Trinajstić information content (AvgIpc) is 2.01. The Balaban J connectivity index is 0. The molecule has 1 N–H and O–H groups in total. The van der Waals surface area contributed by atoms with E-state index in [1.807, 2.05) is 27.7 Å². The molecule has 0 aromatic carbocycles. The molecule has 0 spiro atoms. The van der Waals surface area contributed by atoms with E-state index in [0.717, 1.165) is 12.1 Å². The van der Waals surface area contributed by atoms with Crippen molar-refractivity contribution in [2.45, 2.75) is 39.7 Å². The first-order valence-electron chi connectivity index (χ1n) is 4.15. The molecule has 2 nitrogen and oxygen atoms in total. The smallest absolute Gasteiger partial charge is 0.104 e. The topological polar surface area (TPSA) is 32.6 Å². The normalized spacial score (nSPS) is 17.1. The molecule has 0 radical (unpaired) electrons. The van der Waals surface area contributed by atoms with Crippen molar-refractivity contribution in [3.05, 3.63) is 0 Å². The van der Waals surface area contributed by atoms with E-state index in [-0.39, 0.29) is 43.2 Å². The number of aliphatic imine (C=N–C) groups is 1. The van der Waals surface area contributed by atoms with Crippen LogP contribution in [0, 0.1) is 43.2 Å². The van der Waals surface area contributed by atoms with Crippen molar-refractivity contribution in [2.24, 2.45) is 10.9 Å². The van der Waals surface area contributed by atoms with Gasteiger partial charge < -0.3 is 5.11 Å². The molecule has 0 heterocycles. The Labute approximate surface area is 105 Å². The summed E-state index contributed by atoms with van der Waals surface area (Å²) in [5, 5.41) is 10.0. The minimum absolute atomic E-state index is 0. The van der Waals surface area contributed by atoms with Crippen LogP contribution in [0.25, 0.3) is 0 Å². The minimum Gasteiger partial charge on any atom is -0.384 e. The second-order valence-corrected chi connectivity index (χ2v) is 3.24. The maximum atomic E-state index is 10.0. The fourth-order valence-electron chi connectivity index (χ4n) is 1.28. The molecule has 78 valence electrons. The van der Waals surface area contributed by atoms with Gasteiger partial charge in [-0.1, -0.05) is 20.8 Å². The molecule has 0 aliphatic rings. The van der Waals surface area contributed by atoms with Crippen LogP contribution in [0.3, 0.4) is 0 Å². The molecule has 0 aliphatic carbocycles. The second kappa shape index (κ2) is 6.35. The monoisotopic (exact) mass is 323 g/mol. The summed E-state index contributed by atoms with van der Waals surface area (Å²) < 4.78 is 0. The van der Waals surface area contributed by atoms with Gasteiger partial charge in [-0.05, 0) is 19.3 Å². The number of nitrogens with zero attached hydrogens (tertiary/aromatic N) is 1. The van der Waals surface area contributed by atoms with Gasteiger partial charge in [-0.3, -0.25) is 4.99 Å². The van der Waals surface area contributed by atoms with Gasteiger partial charge in [-0.25, -0.2) is 0 Å². The van der Waals surface area contributed by atoms with Crippen LogP contribution in [0.4, 0.5) is 0 Å². The summed E-state index contributed by atoms with van der Waals surface area (Å²) in [4.78, 5) is 4.02. The maximum Gasteiger partial charge on any atom is 0.104 e. The quantitative estimate of drug-likeness (QED) is 0.790. The van der Waals surface area contributed by atoms with Crippen LogP contribution in [0.5, 0.6) is 0 Å². The SMILES string of the molecule is CCC(O)(C(C)=NC)C(C)C.[Er]. The minimum atomic E-state index is -0.700. The number of hydrogen-bond acceptors (Lipinski definition) is 2. The predicted octanol–water partition coefficient (Wildman–Crippen LogP) is 1.87. The maximum absolute atomic E-state index is 10.0. The van der Waals surface area contributed by atoms with Crippen LogP contribution in [-0.2, 0) is 0 Å². The molecule has 0 bridgehead atoms. The molecule has 1 atom stereocenters. The first-order chi connectivity index (χ1) is 4.99. The Morgan fingerprint density at radius 1 is 1.50 bits per heavy atom. The van der Waals surface area contributed by atoms with Gasteiger partial charge in [0, 0.05) is 50.1 Å². The van der Waals surface area contributed by atoms with E-state index in [0.29, 0.717) is 0 Å². The van der Waals surface area contributed by atoms with E-state index < -0.39 is 5.60 Å². The first-order valence-corrected chi connectivity index (χ1v) is 4.15. The zero-order chi connectivity index (χ0) is 9.07. The predicted molar refractivity (Wildman–Crippen MR) is 49.1 cm³/mol. The summed E-state index contributed by atoms with van der Waals surface area (Å²) in [6.07, 6.45) is 0.730. The fraction of sp³-hybridized carbons (Fsp3) is 0.889. The van der Waals surface area contributed by atoms with Gasteiger partial charge in [0.25, 0.3) is 0 Å². The van der Waals surface area contributed by atoms with Crippen molar-refractivity contribution < 1.29 is 42.4 Å². The van der Waals surface area contributed by atoms with E-state index in [1.54, 1.807) is 7.05 Å². The Morgan fingerprint density at radius 2 is 1.92 bits per heavy atom. The van der Waals surface area contributed by atoms with Crippen molar-refractivity contribution in [1.29, 1.82) is 0 Å². The van der Waals surface area contributed by atoms with Crippen LogP contribution >= 0.6 is 0 Å². The Morgan fingerprint density at radius 3 is 2.00 bits per heavy atom. The molecule has 0 amide bonds. The van der Waals surface area contributed by atoms with Crippen molar-refractivity contribution >= 4 is 5.71 Å². The van der Waals surface area contributed by atoms with Crippen molar-refractivity contribution in [1.82, 2.24) is 0 Å². The van der Waals surface area contributed by atoms with Crippen LogP contribution in [0.2, 0.25) is 0 Å². The van der Waals surface area contributed by atoms with E-state index >= 15 is 0 Å². The van der Waals surface area contributed by atoms with Gasteiger partial charge in [0.1, 0.15) is 5.60 Å². The van der Waals surface area contributed by atoms with Gasteiger partial charge in [0.2, 0.25) is 0 Å². The van der Waals surface area contributed by atoms with Gasteiger partial charge in [0.05, 0.1) is 0 Å². The van der Waals surface area contributed by atoms with E-state index in [9.17, 15) is 5.11 Å². The molecule has 0 aromatic rings. The number of rotatable bonds is 3. The average molecular weight is 325 g/mol. The third kappa shape index (κ3) is 3.32. The summed E-state index contributed by atoms with van der Waals surface area (Å²) in [6, 6.07) is 0. The third-order valence-corrected chi connectivity index (χ3v) is 2.46. The summed E-state index contributed by atoms with van der Waals surface area (Å²) >= 11 is 0. The second-order valence-electron chi connectivity index (χ2n) is 3.24. The zero-order valence-corrected chi connectivity index (χ0v) is 10.3. The van der Waals surface area contributed by atoms with Crippen LogP contribution in [0.1, 0.15) is 34.1 Å². The van der Waals surface area contributed by atoms with Gasteiger partial charge in [-0.15, -0.1) is 0 Å². The van der Waals surface area contributed by atoms with Gasteiger partial charge >= 0.3 is 0 Å². The number of aliphatic hydroxyl groups is 1. The Kier molecular flexibility index (Phi) is 8.12. The molecule has 0 saturated heterocycles. The van der Waals surface area contributed by atoms with E-state index in [4.69, 9.17) is 0 Å². The molecule has 0 aromatic heterocycles. The van der Waals surface area contributed by atoms with Gasteiger partial charge in [0.15, 0.2) is 0 Å². The van der Waals surface area contributed by atoms with E-state index in [1.165, 1.54) is 0 Å². The zero-order valence-electron chi connectivity index (χ0n) is 8.47. The summed E-state index contributed by atoms with van der Waals surface area (Å²) in [7, 11) is 1.72. The molecule has 0 rings (SSSR count). The number of hydrogen-bond donors (Lipinski definition) is 1. The summed E-state index contributed by atoms with van der Waals surface area (Å²) in [5.74, 6) is 0.233. The standard InChI is InChI=1S/C9H19NO.Er/c1-6-9(11,7(2)3)8(4)10-5;/h7,11H,6H2,1-5H3;. The Bertz CT molecular complexity index is 157.